The smallest absolute Gasteiger partial charge is 0.294 e. The molecule has 0 N–H and O–H groups in total. The van der Waals surface area contributed by atoms with Crippen LogP contribution in [-0.2, 0) is 14.3 Å². The van der Waals surface area contributed by atoms with E-state index < -0.39 is 0 Å². The van der Waals surface area contributed by atoms with Crippen molar-refractivity contribution in [1.29, 1.82) is 0 Å². The highest BCUT2D eigenvalue weighted by molar-refractivity contribution is 5.38. The van der Waals surface area contributed by atoms with Crippen LogP contribution in [-0.4, -0.2) is 36.6 Å². The van der Waals surface area contributed by atoms with E-state index in [0.717, 1.165) is 31.5 Å². The maximum Gasteiger partial charge on any atom is 0.294 e. The number of ether oxygens (including phenoxy) is 1. The van der Waals surface area contributed by atoms with Crippen molar-refractivity contribution < 1.29 is 14.3 Å². The van der Waals surface area contributed by atoms with Crippen LogP contribution in [0.4, 0.5) is 0 Å². The lowest BCUT2D eigenvalue weighted by Gasteiger charge is -2.34. The van der Waals surface area contributed by atoms with Gasteiger partial charge in [-0.15, -0.1) is 0 Å². The quantitative estimate of drug-likeness (QED) is 0.459. The van der Waals surface area contributed by atoms with Gasteiger partial charge in [-0.2, -0.15) is 0 Å². The summed E-state index contributed by atoms with van der Waals surface area (Å²) in [5.74, 6) is 0. The second-order valence-corrected chi connectivity index (χ2v) is 4.48. The average Bonchev–Trinajstić information content (AvgIpc) is 2.47. The van der Waals surface area contributed by atoms with Crippen molar-refractivity contribution in [1.82, 2.24) is 4.90 Å². The molecule has 1 fully saturated rings. The third-order valence-electron chi connectivity index (χ3n) is 3.34. The van der Waals surface area contributed by atoms with Gasteiger partial charge in [0.25, 0.3) is 6.47 Å². The fourth-order valence-electron chi connectivity index (χ4n) is 2.37. The average molecular weight is 260 g/mol. The molecule has 0 amide bonds. The maximum absolute atomic E-state index is 10.7. The van der Waals surface area contributed by atoms with E-state index >= 15 is 0 Å². The zero-order chi connectivity index (χ0) is 13.5. The van der Waals surface area contributed by atoms with Crippen LogP contribution in [0.3, 0.4) is 0 Å². The van der Waals surface area contributed by atoms with Gasteiger partial charge in [-0.05, 0) is 12.8 Å². The van der Waals surface area contributed by atoms with Gasteiger partial charge in [0.2, 0.25) is 6.08 Å². The van der Waals surface area contributed by atoms with Crippen LogP contribution in [0.2, 0.25) is 0 Å². The van der Waals surface area contributed by atoms with E-state index in [9.17, 15) is 9.59 Å². The van der Waals surface area contributed by atoms with Gasteiger partial charge in [-0.25, -0.2) is 9.79 Å². The number of nitrogens with zero attached hydrogens (tertiary/aromatic N) is 2. The van der Waals surface area contributed by atoms with Gasteiger partial charge in [-0.1, -0.05) is 30.3 Å². The summed E-state index contributed by atoms with van der Waals surface area (Å²) in [6.07, 6.45) is 2.80. The number of isocyanates is 1. The number of carbonyl (C=O) groups excluding carboxylic acids is 2. The first-order valence-corrected chi connectivity index (χ1v) is 6.30. The summed E-state index contributed by atoms with van der Waals surface area (Å²) in [5.41, 5.74) is 0.951. The van der Waals surface area contributed by atoms with E-state index in [1.54, 1.807) is 6.08 Å². The predicted octanol–water partition coefficient (Wildman–Crippen LogP) is 1.66. The molecule has 0 aromatic heterocycles. The Morgan fingerprint density at radius 2 is 2.00 bits per heavy atom. The molecule has 0 radical (unpaired) electrons. The Kier molecular flexibility index (Phi) is 4.84. The van der Waals surface area contributed by atoms with Gasteiger partial charge in [0.15, 0.2) is 6.23 Å². The molecule has 5 heteroatoms. The topological polar surface area (TPSA) is 59.0 Å². The summed E-state index contributed by atoms with van der Waals surface area (Å²) >= 11 is 0. The Morgan fingerprint density at radius 1 is 1.32 bits per heavy atom. The van der Waals surface area contributed by atoms with Crippen molar-refractivity contribution in [3.8, 4) is 0 Å². The van der Waals surface area contributed by atoms with Crippen molar-refractivity contribution in [2.24, 2.45) is 4.99 Å². The Bertz CT molecular complexity index is 449. The number of aliphatic imine (C=N–C) groups is 1. The molecule has 0 aliphatic carbocycles. The van der Waals surface area contributed by atoms with Crippen molar-refractivity contribution in [2.75, 3.05) is 13.1 Å². The predicted molar refractivity (Wildman–Crippen MR) is 69.0 cm³/mol. The highest BCUT2D eigenvalue weighted by Crippen LogP contribution is 2.25. The van der Waals surface area contributed by atoms with Gasteiger partial charge in [-0.3, -0.25) is 9.69 Å². The van der Waals surface area contributed by atoms with Gasteiger partial charge in [0.1, 0.15) is 0 Å². The Labute approximate surface area is 111 Å². The Morgan fingerprint density at radius 3 is 2.58 bits per heavy atom. The minimum atomic E-state index is -0.361. The van der Waals surface area contributed by atoms with Crippen molar-refractivity contribution >= 4 is 12.6 Å². The van der Waals surface area contributed by atoms with Crippen LogP contribution >= 0.6 is 0 Å². The summed E-state index contributed by atoms with van der Waals surface area (Å²) in [4.78, 5) is 26.8. The molecule has 0 saturated carbocycles. The molecule has 1 saturated heterocycles. The number of carbonyl (C=O) groups is 1. The largest absolute Gasteiger partial charge is 0.444 e. The summed E-state index contributed by atoms with van der Waals surface area (Å²) in [5, 5.41) is 0. The van der Waals surface area contributed by atoms with Crippen LogP contribution in [0, 0.1) is 0 Å². The van der Waals surface area contributed by atoms with E-state index in [2.05, 4.69) is 9.89 Å². The van der Waals surface area contributed by atoms with Crippen LogP contribution in [0.25, 0.3) is 0 Å². The number of hydrogen-bond acceptors (Lipinski definition) is 5. The first-order valence-electron chi connectivity index (χ1n) is 6.30. The highest BCUT2D eigenvalue weighted by atomic mass is 16.5. The highest BCUT2D eigenvalue weighted by Gasteiger charge is 2.26. The molecule has 1 unspecified atom stereocenters. The molecule has 19 heavy (non-hydrogen) atoms. The Balaban J connectivity index is 2.05. The minimum absolute atomic E-state index is 0.0430. The van der Waals surface area contributed by atoms with Crippen molar-refractivity contribution in [2.45, 2.75) is 25.1 Å². The lowest BCUT2D eigenvalue weighted by atomic mass is 10.0. The van der Waals surface area contributed by atoms with E-state index in [4.69, 9.17) is 4.74 Å². The number of likely N-dealkylation sites (tertiary alicyclic amines) is 1. The molecular weight excluding hydrogens is 244 g/mol. The minimum Gasteiger partial charge on any atom is -0.444 e. The zero-order valence-corrected chi connectivity index (χ0v) is 10.6. The van der Waals surface area contributed by atoms with Crippen molar-refractivity contribution in [3.05, 3.63) is 35.9 Å². The van der Waals surface area contributed by atoms with E-state index in [1.807, 2.05) is 30.3 Å². The number of rotatable bonds is 5. The van der Waals surface area contributed by atoms with Crippen LogP contribution < -0.4 is 0 Å². The first kappa shape index (κ1) is 13.5. The molecule has 2 rings (SSSR count). The van der Waals surface area contributed by atoms with Gasteiger partial charge < -0.3 is 4.74 Å². The lowest BCUT2D eigenvalue weighted by Crippen LogP contribution is -2.39. The summed E-state index contributed by atoms with van der Waals surface area (Å²) in [6.45, 7) is 1.96. The SMILES string of the molecule is O=C=NC1CCN(C(OC=O)c2ccccc2)CC1. The van der Waals surface area contributed by atoms with Crippen LogP contribution in [0.5, 0.6) is 0 Å². The molecular formula is C14H16N2O3. The third-order valence-corrected chi connectivity index (χ3v) is 3.34. The Hall–Kier alpha value is -1.97. The molecule has 1 aliphatic rings. The van der Waals surface area contributed by atoms with Gasteiger partial charge in [0, 0.05) is 18.7 Å². The molecule has 0 bridgehead atoms. The second kappa shape index (κ2) is 6.83. The standard InChI is InChI=1S/C14H16N2O3/c17-10-15-13-6-8-16(9-7-13)14(19-11-18)12-4-2-1-3-5-12/h1-5,11,13-14H,6-9H2. The second-order valence-electron chi connectivity index (χ2n) is 4.48. The molecule has 0 spiro atoms. The van der Waals surface area contributed by atoms with E-state index in [1.165, 1.54) is 0 Å². The molecule has 1 heterocycles. The molecule has 1 aromatic carbocycles. The maximum atomic E-state index is 10.7. The molecule has 1 aromatic rings. The number of piperidine rings is 1. The first-order chi connectivity index (χ1) is 9.35. The van der Waals surface area contributed by atoms with E-state index in [0.29, 0.717) is 6.47 Å². The van der Waals surface area contributed by atoms with Gasteiger partial charge in [0.05, 0.1) is 6.04 Å². The number of benzene rings is 1. The third kappa shape index (κ3) is 3.50. The lowest BCUT2D eigenvalue weighted by molar-refractivity contribution is -0.145. The summed E-state index contributed by atoms with van der Waals surface area (Å²) < 4.78 is 5.20. The van der Waals surface area contributed by atoms with E-state index in [-0.39, 0.29) is 12.3 Å². The normalized spacial score (nSPS) is 18.3. The van der Waals surface area contributed by atoms with Crippen molar-refractivity contribution in [3.63, 3.8) is 0 Å². The molecule has 1 atom stereocenters. The molecule has 1 aliphatic heterocycles. The van der Waals surface area contributed by atoms with Crippen LogP contribution in [0.15, 0.2) is 35.3 Å². The number of hydrogen-bond donors (Lipinski definition) is 0. The van der Waals surface area contributed by atoms with Crippen LogP contribution in [0.1, 0.15) is 24.6 Å². The fraction of sp³-hybridized carbons (Fsp3) is 0.429. The zero-order valence-electron chi connectivity index (χ0n) is 10.6. The fourth-order valence-corrected chi connectivity index (χ4v) is 2.37. The summed E-state index contributed by atoms with van der Waals surface area (Å²) in [7, 11) is 0. The monoisotopic (exact) mass is 260 g/mol. The molecule has 5 nitrogen and oxygen atoms in total. The van der Waals surface area contributed by atoms with Gasteiger partial charge >= 0.3 is 0 Å². The summed E-state index contributed by atoms with van der Waals surface area (Å²) in [6, 6.07) is 9.67. The molecule has 100 valence electrons.